The molecule has 0 unspecified atom stereocenters. The molecule has 228 valence electrons. The van der Waals surface area contributed by atoms with Gasteiger partial charge in [0.05, 0.1) is 19.0 Å². The van der Waals surface area contributed by atoms with Crippen LogP contribution < -0.4 is 26.4 Å². The molecular weight excluding hydrogens is 547 g/mol. The Labute approximate surface area is 272 Å². The highest BCUT2D eigenvalue weighted by molar-refractivity contribution is 6.99. The summed E-state index contributed by atoms with van der Waals surface area (Å²) in [6.45, 7) is 21.9. The second kappa shape index (κ2) is 9.91. The minimum Gasteiger partial charge on any atom is -0.476 e. The van der Waals surface area contributed by atoms with Crippen LogP contribution in [-0.2, 0) is 16.2 Å². The topological polar surface area (TPSA) is 19.6 Å². The third-order valence-electron chi connectivity index (χ3n) is 9.58. The predicted molar refractivity (Wildman–Crippen MR) is 194 cm³/mol. The van der Waals surface area contributed by atoms with E-state index >= 15 is 0 Å². The van der Waals surface area contributed by atoms with Crippen LogP contribution in [0.4, 0.5) is 34.1 Å². The maximum absolute atomic E-state index is 9.14. The van der Waals surface area contributed by atoms with Crippen LogP contribution in [0.1, 0.15) is 87.3 Å². The van der Waals surface area contributed by atoms with Gasteiger partial charge in [0.15, 0.2) is 0 Å². The van der Waals surface area contributed by atoms with Gasteiger partial charge in [-0.1, -0.05) is 105 Å². The molecule has 0 spiro atoms. The van der Waals surface area contributed by atoms with E-state index in [0.29, 0.717) is 6.04 Å². The van der Waals surface area contributed by atoms with Crippen molar-refractivity contribution >= 4 is 57.4 Å². The van der Waals surface area contributed by atoms with Crippen molar-refractivity contribution in [1.29, 1.82) is 0 Å². The van der Waals surface area contributed by atoms with Crippen LogP contribution in [0.15, 0.2) is 95.6 Å². The van der Waals surface area contributed by atoms with E-state index in [1.165, 1.54) is 16.7 Å². The summed E-state index contributed by atoms with van der Waals surface area (Å²) in [6.07, 6.45) is 0.181. The van der Waals surface area contributed by atoms with Crippen LogP contribution in [0.3, 0.4) is 0 Å². The molecule has 45 heavy (non-hydrogen) atoms. The zero-order valence-corrected chi connectivity index (χ0v) is 28.4. The van der Waals surface area contributed by atoms with E-state index in [2.05, 4.69) is 139 Å². The maximum Gasteiger partial charge on any atom is 0.297 e. The molecule has 0 saturated heterocycles. The van der Waals surface area contributed by atoms with Crippen LogP contribution in [0.25, 0.3) is 0 Å². The normalized spacial score (nSPS) is 14.9. The van der Waals surface area contributed by atoms with Gasteiger partial charge >= 0.3 is 0 Å². The summed E-state index contributed by atoms with van der Waals surface area (Å²) in [7, 11) is 0. The molecule has 0 saturated carbocycles. The highest BCUT2D eigenvalue weighted by Gasteiger charge is 2.46. The van der Waals surface area contributed by atoms with Crippen molar-refractivity contribution in [3.05, 3.63) is 113 Å². The smallest absolute Gasteiger partial charge is 0.297 e. The standard InChI is InChI=1S/C41H45BN2O/c1-26-25-45-38-37(26)44(31-21-16-28(17-22-31)40(5,6)7)35-13-11-12-34-36(35)42(38)32-24-29(41(8,9)10)18-23-33(32)43(34)30-19-14-27(15-20-30)39(2,3)4/h11-25H,1-10H3/i11D,25D. The Kier molecular flexibility index (Phi) is 5.98. The van der Waals surface area contributed by atoms with Gasteiger partial charge in [0.2, 0.25) is 0 Å². The first-order valence-electron chi connectivity index (χ1n) is 17.2. The second-order valence-electron chi connectivity index (χ2n) is 15.9. The molecular formula is C41H45BN2O. The number of hydrogen-bond acceptors (Lipinski definition) is 3. The molecule has 2 aliphatic rings. The number of nitrogens with zero attached hydrogens (tertiary/aromatic N) is 2. The van der Waals surface area contributed by atoms with E-state index in [1.54, 1.807) is 0 Å². The first-order chi connectivity index (χ1) is 21.9. The first-order valence-corrected chi connectivity index (χ1v) is 16.2. The number of anilines is 6. The molecule has 0 bridgehead atoms. The molecule has 1 aromatic heterocycles. The summed E-state index contributed by atoms with van der Waals surface area (Å²) in [6, 6.07) is 28.8. The summed E-state index contributed by atoms with van der Waals surface area (Å²) >= 11 is 0. The van der Waals surface area contributed by atoms with E-state index in [-0.39, 0.29) is 29.2 Å². The van der Waals surface area contributed by atoms with Crippen molar-refractivity contribution in [3.63, 3.8) is 0 Å². The summed E-state index contributed by atoms with van der Waals surface area (Å²) in [5, 5.41) is 0. The highest BCUT2D eigenvalue weighted by atomic mass is 16.3. The molecule has 0 amide bonds. The number of fused-ring (bicyclic) bond motifs is 4. The third kappa shape index (κ3) is 4.72. The van der Waals surface area contributed by atoms with Crippen LogP contribution in [0.2, 0.25) is 0 Å². The molecule has 5 aromatic rings. The zero-order chi connectivity index (χ0) is 33.8. The molecule has 3 heterocycles. The number of benzene rings is 4. The fourth-order valence-corrected chi connectivity index (χ4v) is 6.94. The Morgan fingerprint density at radius 1 is 0.600 bits per heavy atom. The van der Waals surface area contributed by atoms with Gasteiger partial charge in [0, 0.05) is 34.0 Å². The van der Waals surface area contributed by atoms with Gasteiger partial charge in [0.25, 0.3) is 6.71 Å². The quantitative estimate of drug-likeness (QED) is 0.186. The predicted octanol–water partition coefficient (Wildman–Crippen LogP) is 9.56. The highest BCUT2D eigenvalue weighted by Crippen LogP contribution is 2.45. The van der Waals surface area contributed by atoms with E-state index in [9.17, 15) is 0 Å². The first kappa shape index (κ1) is 27.2. The molecule has 3 nitrogen and oxygen atoms in total. The van der Waals surface area contributed by atoms with Crippen molar-refractivity contribution in [1.82, 2.24) is 0 Å². The fourth-order valence-electron chi connectivity index (χ4n) is 6.94. The van der Waals surface area contributed by atoms with Gasteiger partial charge in [0.1, 0.15) is 1.37 Å². The largest absolute Gasteiger partial charge is 0.476 e. The van der Waals surface area contributed by atoms with Crippen LogP contribution in [0, 0.1) is 6.92 Å². The Balaban J connectivity index is 1.54. The Morgan fingerprint density at radius 3 is 1.62 bits per heavy atom. The minimum absolute atomic E-state index is 0.0222. The van der Waals surface area contributed by atoms with Crippen LogP contribution in [-0.4, -0.2) is 6.71 Å². The van der Waals surface area contributed by atoms with E-state index in [4.69, 9.17) is 7.16 Å². The number of furan rings is 1. The molecule has 0 atom stereocenters. The minimum atomic E-state index is -0.221. The Bertz CT molecular complexity index is 2020. The lowest BCUT2D eigenvalue weighted by molar-refractivity contribution is 0.590. The van der Waals surface area contributed by atoms with Crippen LogP contribution >= 0.6 is 0 Å². The van der Waals surface area contributed by atoms with Gasteiger partial charge in [-0.3, -0.25) is 0 Å². The zero-order valence-electron chi connectivity index (χ0n) is 30.4. The van der Waals surface area contributed by atoms with Gasteiger partial charge in [-0.15, -0.1) is 0 Å². The van der Waals surface area contributed by atoms with E-state index in [0.717, 1.165) is 56.3 Å². The Hall–Kier alpha value is -4.18. The average molecular weight is 595 g/mol. The fraction of sp³-hybridized carbons (Fsp3) is 0.317. The van der Waals surface area contributed by atoms with Crippen molar-refractivity contribution in [3.8, 4) is 0 Å². The van der Waals surface area contributed by atoms with Crippen molar-refractivity contribution < 1.29 is 7.16 Å². The molecule has 0 N–H and O–H groups in total. The number of hydrogen-bond donors (Lipinski definition) is 0. The maximum atomic E-state index is 9.14. The SMILES string of the molecule is [2H]c1cc2c3c(c1)N(c1ccc(C(C)(C)C)cc1)c1c(oc([2H])c1C)B3c1cc(C(C)(C)C)ccc1N2c1ccc(C(C)(C)C)cc1. The molecule has 0 fully saturated rings. The summed E-state index contributed by atoms with van der Waals surface area (Å²) < 4.78 is 24.5. The lowest BCUT2D eigenvalue weighted by Crippen LogP contribution is -2.61. The third-order valence-corrected chi connectivity index (χ3v) is 9.58. The number of rotatable bonds is 2. The molecule has 7 rings (SSSR count). The monoisotopic (exact) mass is 594 g/mol. The van der Waals surface area contributed by atoms with Crippen molar-refractivity contribution in [2.75, 3.05) is 9.80 Å². The van der Waals surface area contributed by atoms with Crippen molar-refractivity contribution in [2.45, 2.75) is 85.5 Å². The summed E-state index contributed by atoms with van der Waals surface area (Å²) in [5.41, 5.74) is 13.6. The molecule has 4 heteroatoms. The molecule has 2 aliphatic heterocycles. The van der Waals surface area contributed by atoms with E-state index in [1.807, 2.05) is 19.1 Å². The summed E-state index contributed by atoms with van der Waals surface area (Å²) in [5.74, 6) is 0. The van der Waals surface area contributed by atoms with Gasteiger partial charge in [-0.25, -0.2) is 0 Å². The molecule has 0 aliphatic carbocycles. The molecule has 4 aromatic carbocycles. The van der Waals surface area contributed by atoms with Gasteiger partial charge in [-0.05, 0) is 93.2 Å². The lowest BCUT2D eigenvalue weighted by atomic mass is 9.35. The average Bonchev–Trinajstić information content (AvgIpc) is 3.28. The molecule has 0 radical (unpaired) electrons. The second-order valence-corrected chi connectivity index (χ2v) is 15.9. The lowest BCUT2D eigenvalue weighted by Gasteiger charge is -2.43. The van der Waals surface area contributed by atoms with E-state index < -0.39 is 0 Å². The van der Waals surface area contributed by atoms with Crippen LogP contribution in [0.5, 0.6) is 0 Å². The summed E-state index contributed by atoms with van der Waals surface area (Å²) in [4.78, 5) is 4.55. The van der Waals surface area contributed by atoms with Gasteiger partial charge in [-0.2, -0.15) is 0 Å². The van der Waals surface area contributed by atoms with Gasteiger partial charge < -0.3 is 14.2 Å². The van der Waals surface area contributed by atoms with Crippen molar-refractivity contribution in [2.24, 2.45) is 0 Å². The Morgan fingerprint density at radius 2 is 1.09 bits per heavy atom.